The third kappa shape index (κ3) is 5.34. The third-order valence-corrected chi connectivity index (χ3v) is 8.23. The summed E-state index contributed by atoms with van der Waals surface area (Å²) in [5, 5.41) is 19.9. The molecule has 0 aliphatic heterocycles. The van der Waals surface area contributed by atoms with Crippen molar-refractivity contribution in [1.82, 2.24) is 5.32 Å². The minimum Gasteiger partial charge on any atom is -0.312 e. The van der Waals surface area contributed by atoms with Gasteiger partial charge in [0.2, 0.25) is 0 Å². The lowest BCUT2D eigenvalue weighted by Crippen LogP contribution is -2.31. The summed E-state index contributed by atoms with van der Waals surface area (Å²) in [7, 11) is 0. The maximum Gasteiger partial charge on any atom is 0.127 e. The molecule has 0 heterocycles. The third-order valence-electron chi connectivity index (χ3n) is 8.23. The second-order valence-corrected chi connectivity index (χ2v) is 10.9. The number of aliphatic imine (C=N–C) groups is 1. The smallest absolute Gasteiger partial charge is 0.127 e. The zero-order chi connectivity index (χ0) is 29.9. The molecule has 4 heteroatoms. The van der Waals surface area contributed by atoms with Crippen LogP contribution in [-0.4, -0.2) is 6.21 Å². The lowest BCUT2D eigenvalue weighted by molar-refractivity contribution is 0.467. The Morgan fingerprint density at radius 2 is 1.23 bits per heavy atom. The molecule has 7 rings (SSSR count). The number of nitriles is 1. The standard InChI is InChI=1S/C40H30N4/c41-25-27-14-16-28(17-15-27)29-18-20-32(21-19-29)40(44-39(42)31-9-2-1-3-10-31)43-26-38-35-13-7-5-11-33(35)24-37-34-12-6-4-8-30(34)22-23-36(37)38/h1-24,26,39-40,44H,42H2. The average Bonchev–Trinajstić information content (AvgIpc) is 3.10. The molecule has 4 nitrogen and oxygen atoms in total. The van der Waals surface area contributed by atoms with E-state index in [1.807, 2.05) is 60.8 Å². The lowest BCUT2D eigenvalue weighted by Gasteiger charge is -2.21. The van der Waals surface area contributed by atoms with Gasteiger partial charge in [-0.25, -0.2) is 0 Å². The molecule has 0 aromatic heterocycles. The average molecular weight is 567 g/mol. The minimum atomic E-state index is -0.412. The molecular formula is C40H30N4. The number of nitrogens with one attached hydrogen (secondary N) is 1. The molecule has 0 spiro atoms. The Labute approximate surface area is 256 Å². The van der Waals surface area contributed by atoms with E-state index < -0.39 is 12.3 Å². The van der Waals surface area contributed by atoms with Crippen molar-refractivity contribution in [2.75, 3.05) is 0 Å². The van der Waals surface area contributed by atoms with Crippen LogP contribution in [0.15, 0.2) is 151 Å². The van der Waals surface area contributed by atoms with Crippen molar-refractivity contribution in [1.29, 1.82) is 5.26 Å². The molecule has 0 aliphatic carbocycles. The monoisotopic (exact) mass is 566 g/mol. The van der Waals surface area contributed by atoms with E-state index >= 15 is 0 Å². The van der Waals surface area contributed by atoms with Gasteiger partial charge in [-0.1, -0.05) is 127 Å². The number of nitrogens with two attached hydrogens (primary N) is 1. The maximum absolute atomic E-state index is 9.17. The van der Waals surface area contributed by atoms with Gasteiger partial charge >= 0.3 is 0 Å². The van der Waals surface area contributed by atoms with E-state index in [0.717, 1.165) is 38.6 Å². The predicted octanol–water partition coefficient (Wildman–Crippen LogP) is 9.05. The highest BCUT2D eigenvalue weighted by molar-refractivity contribution is 6.20. The van der Waals surface area contributed by atoms with Gasteiger partial charge in [-0.05, 0) is 72.8 Å². The van der Waals surface area contributed by atoms with Gasteiger partial charge in [-0.3, -0.25) is 10.3 Å². The fourth-order valence-corrected chi connectivity index (χ4v) is 5.89. The van der Waals surface area contributed by atoms with Crippen LogP contribution in [0.3, 0.4) is 0 Å². The van der Waals surface area contributed by atoms with E-state index in [-0.39, 0.29) is 0 Å². The van der Waals surface area contributed by atoms with Crippen LogP contribution < -0.4 is 11.1 Å². The van der Waals surface area contributed by atoms with Crippen LogP contribution in [-0.2, 0) is 0 Å². The van der Waals surface area contributed by atoms with Crippen molar-refractivity contribution in [3.05, 3.63) is 168 Å². The van der Waals surface area contributed by atoms with Crippen molar-refractivity contribution in [3.8, 4) is 17.2 Å². The molecule has 44 heavy (non-hydrogen) atoms. The van der Waals surface area contributed by atoms with Gasteiger partial charge in [-0.15, -0.1) is 0 Å². The Kier molecular flexibility index (Phi) is 7.40. The summed E-state index contributed by atoms with van der Waals surface area (Å²) in [4.78, 5) is 5.18. The molecule has 2 atom stereocenters. The summed E-state index contributed by atoms with van der Waals surface area (Å²) in [6.45, 7) is 0. The highest BCUT2D eigenvalue weighted by Gasteiger charge is 2.16. The highest BCUT2D eigenvalue weighted by atomic mass is 15.1. The summed E-state index contributed by atoms with van der Waals surface area (Å²) in [6.07, 6.45) is 1.20. The molecule has 7 aromatic rings. The Morgan fingerprint density at radius 3 is 1.95 bits per heavy atom. The van der Waals surface area contributed by atoms with Crippen LogP contribution in [0, 0.1) is 11.3 Å². The number of benzene rings is 7. The predicted molar refractivity (Wildman–Crippen MR) is 182 cm³/mol. The molecule has 0 saturated carbocycles. The fraction of sp³-hybridized carbons (Fsp3) is 0.0500. The van der Waals surface area contributed by atoms with Gasteiger partial charge in [-0.2, -0.15) is 5.26 Å². The molecule has 3 N–H and O–H groups in total. The van der Waals surface area contributed by atoms with Gasteiger partial charge in [0.25, 0.3) is 0 Å². The van der Waals surface area contributed by atoms with Crippen molar-refractivity contribution in [2.24, 2.45) is 10.7 Å². The van der Waals surface area contributed by atoms with Crippen molar-refractivity contribution >= 4 is 38.5 Å². The summed E-state index contributed by atoms with van der Waals surface area (Å²) >= 11 is 0. The number of hydrogen-bond acceptors (Lipinski definition) is 4. The quantitative estimate of drug-likeness (QED) is 0.0875. The lowest BCUT2D eigenvalue weighted by atomic mass is 9.94. The van der Waals surface area contributed by atoms with Crippen molar-refractivity contribution in [3.63, 3.8) is 0 Å². The molecule has 7 aromatic carbocycles. The van der Waals surface area contributed by atoms with Crippen LogP contribution in [0.1, 0.15) is 34.6 Å². The Morgan fingerprint density at radius 1 is 0.591 bits per heavy atom. The van der Waals surface area contributed by atoms with Crippen LogP contribution in [0.5, 0.6) is 0 Å². The first-order valence-corrected chi connectivity index (χ1v) is 14.7. The van der Waals surface area contributed by atoms with Gasteiger partial charge in [0.1, 0.15) is 6.17 Å². The first kappa shape index (κ1) is 27.2. The van der Waals surface area contributed by atoms with Gasteiger partial charge in [0, 0.05) is 11.8 Å². The first-order valence-electron chi connectivity index (χ1n) is 14.7. The van der Waals surface area contributed by atoms with E-state index in [9.17, 15) is 0 Å². The van der Waals surface area contributed by atoms with Gasteiger partial charge in [0.05, 0.1) is 17.8 Å². The number of fused-ring (bicyclic) bond motifs is 4. The number of rotatable bonds is 7. The van der Waals surface area contributed by atoms with E-state index in [4.69, 9.17) is 16.0 Å². The van der Waals surface area contributed by atoms with E-state index in [1.165, 1.54) is 21.5 Å². The van der Waals surface area contributed by atoms with E-state index in [0.29, 0.717) is 5.56 Å². The van der Waals surface area contributed by atoms with Crippen LogP contribution in [0.2, 0.25) is 0 Å². The molecule has 0 aliphatic rings. The minimum absolute atomic E-state index is 0.394. The summed E-state index contributed by atoms with van der Waals surface area (Å²) in [5.41, 5.74) is 12.5. The molecule has 0 amide bonds. The van der Waals surface area contributed by atoms with Gasteiger partial charge in [0.15, 0.2) is 0 Å². The molecule has 210 valence electrons. The van der Waals surface area contributed by atoms with Crippen molar-refractivity contribution in [2.45, 2.75) is 12.3 Å². The SMILES string of the molecule is N#Cc1ccc(-c2ccc(C(N=Cc3c4ccccc4cc4c3ccc3ccccc34)NC(N)c3ccccc3)cc2)cc1. The van der Waals surface area contributed by atoms with Gasteiger partial charge < -0.3 is 5.73 Å². The maximum atomic E-state index is 9.17. The largest absolute Gasteiger partial charge is 0.312 e. The number of nitrogens with zero attached hydrogens (tertiary/aromatic N) is 2. The summed E-state index contributed by atoms with van der Waals surface area (Å²) in [6, 6.07) is 51.9. The Bertz CT molecular complexity index is 2160. The van der Waals surface area contributed by atoms with Crippen LogP contribution in [0.25, 0.3) is 43.4 Å². The molecule has 0 bridgehead atoms. The summed E-state index contributed by atoms with van der Waals surface area (Å²) in [5.74, 6) is 0. The van der Waals surface area contributed by atoms with Crippen LogP contribution >= 0.6 is 0 Å². The molecule has 0 fully saturated rings. The zero-order valence-corrected chi connectivity index (χ0v) is 24.1. The fourth-order valence-electron chi connectivity index (χ4n) is 5.89. The van der Waals surface area contributed by atoms with E-state index in [1.54, 1.807) is 0 Å². The number of hydrogen-bond donors (Lipinski definition) is 2. The van der Waals surface area contributed by atoms with Crippen molar-refractivity contribution < 1.29 is 0 Å². The second-order valence-electron chi connectivity index (χ2n) is 10.9. The topological polar surface area (TPSA) is 74.2 Å². The highest BCUT2D eigenvalue weighted by Crippen LogP contribution is 2.33. The molecule has 2 unspecified atom stereocenters. The Hall–Kier alpha value is -5.60. The Balaban J connectivity index is 1.32. The summed E-state index contributed by atoms with van der Waals surface area (Å²) < 4.78 is 0. The molecular weight excluding hydrogens is 536 g/mol. The molecule has 0 radical (unpaired) electrons. The zero-order valence-electron chi connectivity index (χ0n) is 24.1. The normalized spacial score (nSPS) is 12.9. The van der Waals surface area contributed by atoms with Crippen LogP contribution in [0.4, 0.5) is 0 Å². The first-order chi connectivity index (χ1) is 21.7. The molecule has 0 saturated heterocycles. The second kappa shape index (κ2) is 11.9. The van der Waals surface area contributed by atoms with E-state index in [2.05, 4.69) is 102 Å².